The molecule has 0 aliphatic heterocycles. The first-order valence-corrected chi connectivity index (χ1v) is 2.05. The van der Waals surface area contributed by atoms with Gasteiger partial charge in [0.05, 0.1) is 0 Å². The van der Waals surface area contributed by atoms with Crippen molar-refractivity contribution in [2.24, 2.45) is 0 Å². The van der Waals surface area contributed by atoms with Crippen LogP contribution in [0, 0.1) is 12.3 Å². The first-order valence-electron chi connectivity index (χ1n) is 2.05. The lowest BCUT2D eigenvalue weighted by molar-refractivity contribution is -0.140. The van der Waals surface area contributed by atoms with Gasteiger partial charge in [-0.25, -0.2) is 0 Å². The Morgan fingerprint density at radius 1 is 2.00 bits per heavy atom. The maximum Gasteiger partial charge on any atom is 0.303 e. The third-order valence-corrected chi connectivity index (χ3v) is 0.457. The van der Waals surface area contributed by atoms with Crippen molar-refractivity contribution in [3.8, 4) is 12.3 Å². The maximum atomic E-state index is 10.0. The first kappa shape index (κ1) is 7.09. The smallest absolute Gasteiger partial charge is 0.303 e. The Morgan fingerprint density at radius 2 is 2.50 bits per heavy atom. The summed E-state index contributed by atoms with van der Waals surface area (Å²) in [5, 5.41) is 0. The minimum Gasteiger partial charge on any atom is -0.460 e. The van der Waals surface area contributed by atoms with Crippen molar-refractivity contribution < 1.29 is 9.53 Å². The van der Waals surface area contributed by atoms with Gasteiger partial charge in [0.25, 0.3) is 0 Å². The Bertz CT molecular complexity index is 125. The molecule has 0 aromatic carbocycles. The van der Waals surface area contributed by atoms with Gasteiger partial charge < -0.3 is 4.74 Å². The van der Waals surface area contributed by atoms with Crippen LogP contribution in [-0.4, -0.2) is 19.8 Å². The Morgan fingerprint density at radius 3 is 2.62 bits per heavy atom. The molecule has 0 saturated carbocycles. The zero-order chi connectivity index (χ0) is 6.57. The summed E-state index contributed by atoms with van der Waals surface area (Å²) in [6.45, 7) is 1.25. The number of carbonyl (C=O) groups excluding carboxylic acids is 1. The van der Waals surface area contributed by atoms with Crippen LogP contribution in [0.5, 0.6) is 0 Å². The second kappa shape index (κ2) is 3.14. The summed E-state index contributed by atoms with van der Waals surface area (Å²) in [6, 6.07) is -0.896. The van der Waals surface area contributed by atoms with E-state index in [4.69, 9.17) is 14.3 Å². The summed E-state index contributed by atoms with van der Waals surface area (Å²) < 4.78 is 4.30. The third-order valence-electron chi connectivity index (χ3n) is 0.457. The molecule has 1 unspecified atom stereocenters. The van der Waals surface area contributed by atoms with Gasteiger partial charge in [0, 0.05) is 6.92 Å². The molecule has 2 nitrogen and oxygen atoms in total. The number of hydrogen-bond acceptors (Lipinski definition) is 2. The molecular formula is C5H5BO2. The van der Waals surface area contributed by atoms with Crippen molar-refractivity contribution in [3.63, 3.8) is 0 Å². The molecule has 0 heterocycles. The Balaban J connectivity index is 3.43. The number of rotatable bonds is 1. The highest BCUT2D eigenvalue weighted by atomic mass is 16.5. The number of hydrogen-bond donors (Lipinski definition) is 0. The Labute approximate surface area is 49.6 Å². The highest BCUT2D eigenvalue weighted by Gasteiger charge is 1.96. The van der Waals surface area contributed by atoms with Crippen LogP contribution < -0.4 is 0 Å². The van der Waals surface area contributed by atoms with Crippen molar-refractivity contribution in [3.05, 3.63) is 0 Å². The number of terminal acetylenes is 1. The van der Waals surface area contributed by atoms with Gasteiger partial charge in [-0.1, -0.05) is 5.92 Å². The average molecular weight is 108 g/mol. The molecule has 0 bridgehead atoms. The van der Waals surface area contributed by atoms with E-state index in [1.165, 1.54) is 6.92 Å². The van der Waals surface area contributed by atoms with E-state index < -0.39 is 12.0 Å². The lowest BCUT2D eigenvalue weighted by Gasteiger charge is -2.01. The molecule has 0 aromatic rings. The molecule has 0 aliphatic rings. The fourth-order valence-electron chi connectivity index (χ4n) is 0.213. The fraction of sp³-hybridized carbons (Fsp3) is 0.400. The Kier molecular flexibility index (Phi) is 2.79. The fourth-order valence-corrected chi connectivity index (χ4v) is 0.213. The van der Waals surface area contributed by atoms with E-state index in [1.807, 2.05) is 5.92 Å². The molecule has 40 valence electrons. The molecule has 3 heteroatoms. The highest BCUT2D eigenvalue weighted by molar-refractivity contribution is 6.13. The quantitative estimate of drug-likeness (QED) is 0.261. The van der Waals surface area contributed by atoms with Gasteiger partial charge in [-0.2, -0.15) is 0 Å². The maximum absolute atomic E-state index is 10.0. The summed E-state index contributed by atoms with van der Waals surface area (Å²) in [6.07, 6.45) is 4.77. The molecule has 0 spiro atoms. The van der Waals surface area contributed by atoms with E-state index in [2.05, 4.69) is 4.74 Å². The molecule has 0 rings (SSSR count). The predicted octanol–water partition coefficient (Wildman–Crippen LogP) is -0.323. The van der Waals surface area contributed by atoms with Gasteiger partial charge >= 0.3 is 5.97 Å². The van der Waals surface area contributed by atoms with Crippen LogP contribution in [-0.2, 0) is 9.53 Å². The average Bonchev–Trinajstić information content (AvgIpc) is 1.65. The second-order valence-corrected chi connectivity index (χ2v) is 1.20. The standard InChI is InChI=1S/C5H5BO2/c1-3-5(6)8-4(2)7/h1,5H,2H3. The molecule has 0 N–H and O–H groups in total. The van der Waals surface area contributed by atoms with E-state index in [0.717, 1.165) is 0 Å². The van der Waals surface area contributed by atoms with Gasteiger partial charge in [0.1, 0.15) is 13.8 Å². The zero-order valence-corrected chi connectivity index (χ0v) is 4.55. The topological polar surface area (TPSA) is 26.3 Å². The van der Waals surface area contributed by atoms with Crippen LogP contribution in [0.3, 0.4) is 0 Å². The van der Waals surface area contributed by atoms with E-state index in [1.54, 1.807) is 0 Å². The minimum absolute atomic E-state index is 0.463. The lowest BCUT2D eigenvalue weighted by atomic mass is 10.0. The minimum atomic E-state index is -0.896. The van der Waals surface area contributed by atoms with E-state index in [-0.39, 0.29) is 0 Å². The number of carbonyl (C=O) groups is 1. The number of esters is 1. The lowest BCUT2D eigenvalue weighted by Crippen LogP contribution is -2.12. The molecule has 0 aliphatic carbocycles. The molecule has 8 heavy (non-hydrogen) atoms. The summed E-state index contributed by atoms with van der Waals surface area (Å²) in [5.74, 6) is 1.57. The molecule has 0 fully saturated rings. The zero-order valence-electron chi connectivity index (χ0n) is 4.55. The largest absolute Gasteiger partial charge is 0.460 e. The molecule has 0 amide bonds. The summed E-state index contributed by atoms with van der Waals surface area (Å²) in [4.78, 5) is 10.0. The molecule has 2 radical (unpaired) electrons. The molecule has 1 atom stereocenters. The van der Waals surface area contributed by atoms with Crippen LogP contribution in [0.25, 0.3) is 0 Å². The van der Waals surface area contributed by atoms with Gasteiger partial charge in [-0.15, -0.1) is 6.42 Å². The normalized spacial score (nSPS) is 11.5. The van der Waals surface area contributed by atoms with E-state index in [0.29, 0.717) is 0 Å². The van der Waals surface area contributed by atoms with Crippen LogP contribution in [0.15, 0.2) is 0 Å². The predicted molar refractivity (Wildman–Crippen MR) is 30.1 cm³/mol. The molecular weight excluding hydrogens is 103 g/mol. The summed E-state index contributed by atoms with van der Waals surface area (Å²) in [7, 11) is 4.99. The third kappa shape index (κ3) is 3.29. The monoisotopic (exact) mass is 108 g/mol. The van der Waals surface area contributed by atoms with Crippen molar-refractivity contribution in [2.75, 3.05) is 0 Å². The van der Waals surface area contributed by atoms with Gasteiger partial charge in [0.2, 0.25) is 0 Å². The van der Waals surface area contributed by atoms with Crippen LogP contribution in [0.1, 0.15) is 6.92 Å². The van der Waals surface area contributed by atoms with Crippen molar-refractivity contribution in [2.45, 2.75) is 12.9 Å². The van der Waals surface area contributed by atoms with E-state index >= 15 is 0 Å². The van der Waals surface area contributed by atoms with Crippen LogP contribution in [0.2, 0.25) is 0 Å². The van der Waals surface area contributed by atoms with Crippen molar-refractivity contribution >= 4 is 13.8 Å². The van der Waals surface area contributed by atoms with Gasteiger partial charge in [0.15, 0.2) is 0 Å². The SMILES string of the molecule is [B]C(C#C)OC(C)=O. The van der Waals surface area contributed by atoms with Gasteiger partial charge in [-0.3, -0.25) is 4.79 Å². The van der Waals surface area contributed by atoms with Crippen molar-refractivity contribution in [1.29, 1.82) is 0 Å². The molecule has 0 aromatic heterocycles. The summed E-state index contributed by atoms with van der Waals surface area (Å²) >= 11 is 0. The highest BCUT2D eigenvalue weighted by Crippen LogP contribution is 1.81. The van der Waals surface area contributed by atoms with Crippen LogP contribution >= 0.6 is 0 Å². The van der Waals surface area contributed by atoms with Crippen molar-refractivity contribution in [1.82, 2.24) is 0 Å². The van der Waals surface area contributed by atoms with Crippen LogP contribution in [0.4, 0.5) is 0 Å². The second-order valence-electron chi connectivity index (χ2n) is 1.20. The van der Waals surface area contributed by atoms with E-state index in [9.17, 15) is 4.79 Å². The number of ether oxygens (including phenoxy) is 1. The van der Waals surface area contributed by atoms with Gasteiger partial charge in [-0.05, 0) is 0 Å². The summed E-state index contributed by atoms with van der Waals surface area (Å²) in [5.41, 5.74) is 0. The molecule has 0 saturated heterocycles. The first-order chi connectivity index (χ1) is 3.66. The Hall–Kier alpha value is -0.905.